The summed E-state index contributed by atoms with van der Waals surface area (Å²) < 4.78 is 0. The Bertz CT molecular complexity index is 559. The van der Waals surface area contributed by atoms with Crippen molar-refractivity contribution in [1.29, 1.82) is 0 Å². The van der Waals surface area contributed by atoms with E-state index < -0.39 is 0 Å². The van der Waals surface area contributed by atoms with Gasteiger partial charge in [-0.1, -0.05) is 6.07 Å². The molecule has 1 aromatic heterocycles. The highest BCUT2D eigenvalue weighted by Crippen LogP contribution is 2.24. The number of hydrogen-bond donors (Lipinski definition) is 2. The van der Waals surface area contributed by atoms with Crippen LogP contribution in [0.5, 0.6) is 0 Å². The molecule has 0 spiro atoms. The Balaban J connectivity index is 1.40. The lowest BCUT2D eigenvalue weighted by Crippen LogP contribution is -2.50. The molecule has 3 rings (SSSR count). The Morgan fingerprint density at radius 2 is 2.07 bits per heavy atom. The molecule has 1 unspecified atom stereocenters. The number of carbonyl (C=O) groups excluding carboxylic acids is 1. The van der Waals surface area contributed by atoms with Gasteiger partial charge in [0, 0.05) is 38.1 Å². The molecule has 2 fully saturated rings. The van der Waals surface area contributed by atoms with Crippen molar-refractivity contribution in [3.63, 3.8) is 0 Å². The molecule has 1 amide bonds. The normalized spacial score (nSPS) is 22.6. The summed E-state index contributed by atoms with van der Waals surface area (Å²) in [4.78, 5) is 21.8. The molecule has 1 atom stereocenters. The van der Waals surface area contributed by atoms with Crippen molar-refractivity contribution < 1.29 is 4.79 Å². The van der Waals surface area contributed by atoms with Crippen LogP contribution in [0.3, 0.4) is 0 Å². The van der Waals surface area contributed by atoms with E-state index in [0.29, 0.717) is 6.04 Å². The number of pyridine rings is 1. The topological polar surface area (TPSA) is 60.5 Å². The van der Waals surface area contributed by atoms with Gasteiger partial charge in [0.2, 0.25) is 5.91 Å². The number of nitrogens with one attached hydrogen (secondary N) is 2. The molecule has 2 saturated heterocycles. The molecular formula is C21H35N5O. The third kappa shape index (κ3) is 6.26. The molecule has 1 aromatic rings. The third-order valence-corrected chi connectivity index (χ3v) is 5.93. The van der Waals surface area contributed by atoms with Crippen molar-refractivity contribution in [3.05, 3.63) is 30.1 Å². The molecule has 3 heterocycles. The van der Waals surface area contributed by atoms with Gasteiger partial charge in [0.1, 0.15) is 0 Å². The van der Waals surface area contributed by atoms with Crippen molar-refractivity contribution in [2.24, 2.45) is 5.92 Å². The molecule has 0 radical (unpaired) electrons. The summed E-state index contributed by atoms with van der Waals surface area (Å²) in [5.74, 6) is 0.423. The summed E-state index contributed by atoms with van der Waals surface area (Å²) >= 11 is 0. The van der Waals surface area contributed by atoms with Gasteiger partial charge in [0.15, 0.2) is 0 Å². The second-order valence-electron chi connectivity index (χ2n) is 7.95. The van der Waals surface area contributed by atoms with Crippen molar-refractivity contribution in [2.75, 3.05) is 46.3 Å². The van der Waals surface area contributed by atoms with Crippen LogP contribution >= 0.6 is 0 Å². The summed E-state index contributed by atoms with van der Waals surface area (Å²) in [6.07, 6.45) is 9.39. The van der Waals surface area contributed by atoms with E-state index in [1.165, 1.54) is 18.4 Å². The minimum Gasteiger partial charge on any atom is -0.356 e. The first kappa shape index (κ1) is 20.2. The fraction of sp³-hybridized carbons (Fsp3) is 0.714. The van der Waals surface area contributed by atoms with Crippen molar-refractivity contribution in [3.8, 4) is 0 Å². The number of piperidine rings is 2. The molecule has 6 heteroatoms. The van der Waals surface area contributed by atoms with Crippen LogP contribution in [0.2, 0.25) is 0 Å². The maximum absolute atomic E-state index is 12.5. The van der Waals surface area contributed by atoms with E-state index in [1.807, 2.05) is 25.5 Å². The van der Waals surface area contributed by atoms with Gasteiger partial charge in [-0.3, -0.25) is 19.6 Å². The van der Waals surface area contributed by atoms with E-state index in [-0.39, 0.29) is 11.8 Å². The van der Waals surface area contributed by atoms with Gasteiger partial charge in [0.25, 0.3) is 0 Å². The molecular weight excluding hydrogens is 338 g/mol. The first-order valence-corrected chi connectivity index (χ1v) is 10.5. The van der Waals surface area contributed by atoms with Gasteiger partial charge in [0.05, 0.1) is 5.92 Å². The number of hydrogen-bond acceptors (Lipinski definition) is 5. The first-order valence-electron chi connectivity index (χ1n) is 10.5. The second kappa shape index (κ2) is 10.7. The lowest BCUT2D eigenvalue weighted by Gasteiger charge is -2.42. The van der Waals surface area contributed by atoms with Crippen LogP contribution in [0.1, 0.15) is 37.7 Å². The molecule has 6 nitrogen and oxygen atoms in total. The number of rotatable bonds is 8. The fourth-order valence-corrected chi connectivity index (χ4v) is 4.37. The summed E-state index contributed by atoms with van der Waals surface area (Å²) in [6, 6.07) is 4.80. The molecule has 0 aliphatic carbocycles. The maximum Gasteiger partial charge on any atom is 0.224 e. The molecule has 2 aliphatic heterocycles. The quantitative estimate of drug-likeness (QED) is 0.676. The standard InChI is InChI=1S/C21H35N5O/c1-22-9-4-11-24-21(27)19-6-3-12-26(17-19)20-7-13-25(14-8-20)16-18-5-2-10-23-15-18/h2,5,10,15,19-20,22H,3-4,6-9,11-14,16-17H2,1H3,(H,24,27). The Hall–Kier alpha value is -1.50. The molecule has 150 valence electrons. The molecule has 2 aliphatic rings. The zero-order chi connectivity index (χ0) is 18.9. The predicted octanol–water partition coefficient (Wildman–Crippen LogP) is 1.48. The van der Waals surface area contributed by atoms with Gasteiger partial charge < -0.3 is 10.6 Å². The van der Waals surface area contributed by atoms with E-state index in [0.717, 1.165) is 65.1 Å². The summed E-state index contributed by atoms with van der Waals surface area (Å²) in [6.45, 7) is 7.09. The Labute approximate surface area is 163 Å². The Morgan fingerprint density at radius 1 is 1.22 bits per heavy atom. The number of likely N-dealkylation sites (tertiary alicyclic amines) is 2. The maximum atomic E-state index is 12.5. The molecule has 0 saturated carbocycles. The molecule has 27 heavy (non-hydrogen) atoms. The van der Waals surface area contributed by atoms with Crippen LogP contribution in [0.15, 0.2) is 24.5 Å². The summed E-state index contributed by atoms with van der Waals surface area (Å²) in [5.41, 5.74) is 1.30. The Morgan fingerprint density at radius 3 is 2.81 bits per heavy atom. The van der Waals surface area contributed by atoms with Crippen LogP contribution < -0.4 is 10.6 Å². The van der Waals surface area contributed by atoms with Crippen molar-refractivity contribution >= 4 is 5.91 Å². The predicted molar refractivity (Wildman–Crippen MR) is 108 cm³/mol. The lowest BCUT2D eigenvalue weighted by atomic mass is 9.93. The van der Waals surface area contributed by atoms with E-state index >= 15 is 0 Å². The molecule has 2 N–H and O–H groups in total. The van der Waals surface area contributed by atoms with E-state index in [2.05, 4.69) is 31.5 Å². The van der Waals surface area contributed by atoms with Crippen molar-refractivity contribution in [1.82, 2.24) is 25.4 Å². The van der Waals surface area contributed by atoms with Crippen molar-refractivity contribution in [2.45, 2.75) is 44.7 Å². The number of carbonyl (C=O) groups is 1. The van der Waals surface area contributed by atoms with E-state index in [1.54, 1.807) is 0 Å². The molecule has 0 aromatic carbocycles. The van der Waals surface area contributed by atoms with Gasteiger partial charge >= 0.3 is 0 Å². The smallest absolute Gasteiger partial charge is 0.224 e. The zero-order valence-corrected chi connectivity index (χ0v) is 16.7. The average Bonchev–Trinajstić information content (AvgIpc) is 2.72. The highest BCUT2D eigenvalue weighted by molar-refractivity contribution is 5.78. The van der Waals surface area contributed by atoms with Gasteiger partial charge in [-0.15, -0.1) is 0 Å². The first-order chi connectivity index (χ1) is 13.3. The van der Waals surface area contributed by atoms with Crippen LogP contribution in [-0.2, 0) is 11.3 Å². The van der Waals surface area contributed by atoms with Crippen LogP contribution in [0.4, 0.5) is 0 Å². The number of amides is 1. The number of aromatic nitrogens is 1. The minimum atomic E-state index is 0.168. The van der Waals surface area contributed by atoms with Crippen LogP contribution in [0.25, 0.3) is 0 Å². The van der Waals surface area contributed by atoms with Gasteiger partial charge in [-0.05, 0) is 77.0 Å². The highest BCUT2D eigenvalue weighted by atomic mass is 16.1. The SMILES string of the molecule is CNCCCNC(=O)C1CCCN(C2CCN(Cc3cccnc3)CC2)C1. The lowest BCUT2D eigenvalue weighted by molar-refractivity contribution is -0.127. The van der Waals surface area contributed by atoms with E-state index in [9.17, 15) is 4.79 Å². The minimum absolute atomic E-state index is 0.168. The monoisotopic (exact) mass is 373 g/mol. The summed E-state index contributed by atoms with van der Waals surface area (Å²) in [7, 11) is 1.95. The largest absolute Gasteiger partial charge is 0.356 e. The average molecular weight is 374 g/mol. The van der Waals surface area contributed by atoms with Crippen LogP contribution in [0, 0.1) is 5.92 Å². The Kier molecular flexibility index (Phi) is 8.05. The van der Waals surface area contributed by atoms with Gasteiger partial charge in [-0.2, -0.15) is 0 Å². The van der Waals surface area contributed by atoms with Gasteiger partial charge in [-0.25, -0.2) is 0 Å². The van der Waals surface area contributed by atoms with E-state index in [4.69, 9.17) is 0 Å². The highest BCUT2D eigenvalue weighted by Gasteiger charge is 2.31. The molecule has 0 bridgehead atoms. The number of nitrogens with zero attached hydrogens (tertiary/aromatic N) is 3. The third-order valence-electron chi connectivity index (χ3n) is 5.93. The van der Waals surface area contributed by atoms with Crippen LogP contribution in [-0.4, -0.2) is 73.0 Å². The second-order valence-corrected chi connectivity index (χ2v) is 7.95. The fourth-order valence-electron chi connectivity index (χ4n) is 4.37. The summed E-state index contributed by atoms with van der Waals surface area (Å²) in [5, 5.41) is 6.25. The zero-order valence-electron chi connectivity index (χ0n) is 16.7.